The third kappa shape index (κ3) is 1.19. The molecule has 3 aliphatic heterocycles. The molecular weight excluding hydrogens is 354 g/mol. The fraction of sp³-hybridized carbons (Fsp3) is 0.652. The summed E-state index contributed by atoms with van der Waals surface area (Å²) in [5.41, 5.74) is 0.977. The van der Waals surface area contributed by atoms with Gasteiger partial charge in [0, 0.05) is 29.5 Å². The summed E-state index contributed by atoms with van der Waals surface area (Å²) in [6, 6.07) is 4.35. The van der Waals surface area contributed by atoms with E-state index in [-0.39, 0.29) is 22.0 Å². The summed E-state index contributed by atoms with van der Waals surface area (Å²) >= 11 is 0. The Morgan fingerprint density at radius 3 is 2.93 bits per heavy atom. The van der Waals surface area contributed by atoms with Crippen molar-refractivity contribution in [2.45, 2.75) is 48.8 Å². The molecule has 1 aromatic carbocycles. The molecule has 28 heavy (non-hydrogen) atoms. The number of benzene rings is 1. The average Bonchev–Trinajstić information content (AvgIpc) is 2.97. The highest BCUT2D eigenvalue weighted by Crippen LogP contribution is 2.81. The Bertz CT molecular complexity index is 976. The topological polar surface area (TPSA) is 51.2 Å². The van der Waals surface area contributed by atoms with Gasteiger partial charge in [-0.15, -0.1) is 0 Å². The molecule has 0 unspecified atom stereocenters. The van der Waals surface area contributed by atoms with Crippen LogP contribution in [0.25, 0.3) is 0 Å². The molecular formula is C23H27NO4. The van der Waals surface area contributed by atoms with E-state index in [1.165, 1.54) is 11.1 Å². The molecule has 6 atom stereocenters. The van der Waals surface area contributed by atoms with Gasteiger partial charge in [0.25, 0.3) is 0 Å². The maximum absolute atomic E-state index is 10.8. The zero-order chi connectivity index (χ0) is 19.2. The summed E-state index contributed by atoms with van der Waals surface area (Å²) < 4.78 is 19.7. The second kappa shape index (κ2) is 4.30. The summed E-state index contributed by atoms with van der Waals surface area (Å²) in [7, 11) is 4.10. The normalized spacial score (nSPS) is 51.8. The number of likely N-dealkylation sites (tertiary alicyclic amines) is 1. The number of rotatable bonds is 1. The minimum atomic E-state index is -0.634. The predicted octanol–water partition coefficient (Wildman–Crippen LogP) is 2.40. The van der Waals surface area contributed by atoms with E-state index in [9.17, 15) is 5.11 Å². The molecule has 1 aromatic rings. The molecule has 6 bridgehead atoms. The van der Waals surface area contributed by atoms with Crippen molar-refractivity contribution in [3.63, 3.8) is 0 Å². The van der Waals surface area contributed by atoms with Crippen LogP contribution >= 0.6 is 0 Å². The van der Waals surface area contributed by atoms with Gasteiger partial charge in [-0.3, -0.25) is 0 Å². The van der Waals surface area contributed by atoms with E-state index >= 15 is 0 Å². The zero-order valence-electron chi connectivity index (χ0n) is 16.7. The fourth-order valence-electron chi connectivity index (χ4n) is 8.87. The zero-order valence-corrected chi connectivity index (χ0v) is 16.7. The van der Waals surface area contributed by atoms with Crippen molar-refractivity contribution in [1.29, 1.82) is 0 Å². The van der Waals surface area contributed by atoms with E-state index in [1.807, 2.05) is 13.2 Å². The van der Waals surface area contributed by atoms with Crippen LogP contribution in [-0.2, 0) is 21.3 Å². The fourth-order valence-corrected chi connectivity index (χ4v) is 8.87. The SMILES string of the molecule is CO[C@]12C=C[C@]34C[C@@]1(C)COC[C@]21Oc2c(O)ccc5c2[C@@]13CCN(C)[C@@H]4C5. The number of aromatic hydroxyl groups is 1. The summed E-state index contributed by atoms with van der Waals surface area (Å²) in [5.74, 6) is 0.937. The van der Waals surface area contributed by atoms with E-state index < -0.39 is 11.2 Å². The lowest BCUT2D eigenvalue weighted by Crippen LogP contribution is -2.89. The lowest BCUT2D eigenvalue weighted by molar-refractivity contribution is -0.341. The standard InChI is InChI=1S/C23H27NO4/c1-19-11-20-6-7-22(19,26-3)23(13-27-12-19)21(20)8-9-24(2)16(20)10-14-4-5-15(25)18(28-23)17(14)21/h4-7,16,25H,8-13H2,1-3H3/t16-,19+,20-,21-,22-,23-/m1/s1. The van der Waals surface area contributed by atoms with Crippen molar-refractivity contribution >= 4 is 0 Å². The molecule has 7 aliphatic rings. The van der Waals surface area contributed by atoms with Crippen LogP contribution in [0.2, 0.25) is 0 Å². The molecule has 3 heterocycles. The Morgan fingerprint density at radius 1 is 1.25 bits per heavy atom. The highest BCUT2D eigenvalue weighted by atomic mass is 16.6. The van der Waals surface area contributed by atoms with Gasteiger partial charge in [0.15, 0.2) is 17.1 Å². The number of nitrogens with zero attached hydrogens (tertiary/aromatic N) is 1. The van der Waals surface area contributed by atoms with Crippen LogP contribution in [0.5, 0.6) is 11.5 Å². The number of methoxy groups -OCH3 is 1. The van der Waals surface area contributed by atoms with Gasteiger partial charge in [0.1, 0.15) is 5.60 Å². The van der Waals surface area contributed by atoms with Crippen molar-refractivity contribution < 1.29 is 19.3 Å². The maximum Gasteiger partial charge on any atom is 0.176 e. The van der Waals surface area contributed by atoms with Crippen LogP contribution in [-0.4, -0.2) is 61.2 Å². The quantitative estimate of drug-likeness (QED) is 0.757. The Kier molecular flexibility index (Phi) is 2.50. The van der Waals surface area contributed by atoms with Crippen molar-refractivity contribution in [2.24, 2.45) is 10.8 Å². The van der Waals surface area contributed by atoms with Crippen LogP contribution in [0.15, 0.2) is 24.3 Å². The molecule has 3 fully saturated rings. The first-order valence-electron chi connectivity index (χ1n) is 10.5. The van der Waals surface area contributed by atoms with Gasteiger partial charge in [-0.1, -0.05) is 25.1 Å². The van der Waals surface area contributed by atoms with Crippen LogP contribution < -0.4 is 4.74 Å². The molecule has 5 heteroatoms. The number of likely N-dealkylation sites (N-methyl/N-ethyl adjacent to an activating group) is 1. The molecule has 0 aromatic heterocycles. The van der Waals surface area contributed by atoms with E-state index in [2.05, 4.69) is 37.1 Å². The summed E-state index contributed by atoms with van der Waals surface area (Å²) in [6.07, 6.45) is 7.82. The predicted molar refractivity (Wildman–Crippen MR) is 103 cm³/mol. The van der Waals surface area contributed by atoms with Gasteiger partial charge in [-0.25, -0.2) is 0 Å². The van der Waals surface area contributed by atoms with E-state index in [0.717, 1.165) is 25.8 Å². The minimum absolute atomic E-state index is 0.0230. The van der Waals surface area contributed by atoms with Gasteiger partial charge in [0.05, 0.1) is 18.6 Å². The summed E-state index contributed by atoms with van der Waals surface area (Å²) in [5, 5.41) is 10.8. The van der Waals surface area contributed by atoms with E-state index in [4.69, 9.17) is 14.2 Å². The highest BCUT2D eigenvalue weighted by Gasteiger charge is 2.88. The third-order valence-corrected chi connectivity index (χ3v) is 9.63. The van der Waals surface area contributed by atoms with Crippen molar-refractivity contribution in [1.82, 2.24) is 4.90 Å². The van der Waals surface area contributed by atoms with Crippen LogP contribution in [0.4, 0.5) is 0 Å². The van der Waals surface area contributed by atoms with Crippen molar-refractivity contribution in [3.05, 3.63) is 35.4 Å². The summed E-state index contributed by atoms with van der Waals surface area (Å²) in [6.45, 7) is 4.52. The Balaban J connectivity index is 1.68. The second-order valence-electron chi connectivity index (χ2n) is 10.3. The highest BCUT2D eigenvalue weighted by molar-refractivity contribution is 5.68. The van der Waals surface area contributed by atoms with Gasteiger partial charge >= 0.3 is 0 Å². The second-order valence-corrected chi connectivity index (χ2v) is 10.3. The molecule has 3 spiro atoms. The van der Waals surface area contributed by atoms with Gasteiger partial charge < -0.3 is 24.2 Å². The molecule has 5 nitrogen and oxygen atoms in total. The molecule has 4 aliphatic carbocycles. The molecule has 0 amide bonds. The smallest absolute Gasteiger partial charge is 0.176 e. The molecule has 148 valence electrons. The number of ether oxygens (including phenoxy) is 3. The molecule has 8 rings (SSSR count). The first-order chi connectivity index (χ1) is 13.4. The number of phenols is 1. The molecule has 0 radical (unpaired) electrons. The third-order valence-electron chi connectivity index (χ3n) is 9.63. The van der Waals surface area contributed by atoms with Crippen molar-refractivity contribution in [3.8, 4) is 11.5 Å². The maximum atomic E-state index is 10.8. The number of hydrogen-bond acceptors (Lipinski definition) is 5. The first kappa shape index (κ1) is 16.3. The largest absolute Gasteiger partial charge is 0.504 e. The average molecular weight is 381 g/mol. The number of hydrogen-bond donors (Lipinski definition) is 1. The first-order valence-corrected chi connectivity index (χ1v) is 10.5. The van der Waals surface area contributed by atoms with Crippen LogP contribution in [0.1, 0.15) is 30.9 Å². The van der Waals surface area contributed by atoms with Crippen molar-refractivity contribution in [2.75, 3.05) is 33.9 Å². The number of phenolic OH excluding ortho intramolecular Hbond substituents is 1. The Labute approximate surface area is 165 Å². The van der Waals surface area contributed by atoms with Gasteiger partial charge in [-0.2, -0.15) is 0 Å². The molecule has 1 saturated carbocycles. The van der Waals surface area contributed by atoms with Gasteiger partial charge in [0.2, 0.25) is 0 Å². The van der Waals surface area contributed by atoms with Crippen LogP contribution in [0.3, 0.4) is 0 Å². The lowest BCUT2D eigenvalue weighted by Gasteiger charge is -2.78. The lowest BCUT2D eigenvalue weighted by atomic mass is 9.30. The van der Waals surface area contributed by atoms with E-state index in [1.54, 1.807) is 0 Å². The minimum Gasteiger partial charge on any atom is -0.504 e. The monoisotopic (exact) mass is 381 g/mol. The molecule has 1 N–H and O–H groups in total. The molecule has 2 saturated heterocycles. The van der Waals surface area contributed by atoms with E-state index in [0.29, 0.717) is 25.0 Å². The summed E-state index contributed by atoms with van der Waals surface area (Å²) in [4.78, 5) is 2.56. The Hall–Kier alpha value is -1.56. The number of piperidine rings is 1. The Morgan fingerprint density at radius 2 is 2.11 bits per heavy atom. The van der Waals surface area contributed by atoms with Crippen LogP contribution in [0, 0.1) is 10.8 Å². The van der Waals surface area contributed by atoms with Gasteiger partial charge in [-0.05, 0) is 44.5 Å².